The van der Waals surface area contributed by atoms with Gasteiger partial charge in [0.1, 0.15) is 23.7 Å². The van der Waals surface area contributed by atoms with E-state index in [9.17, 15) is 24.0 Å². The molecule has 1 saturated heterocycles. The van der Waals surface area contributed by atoms with E-state index in [1.807, 2.05) is 32.0 Å². The van der Waals surface area contributed by atoms with Gasteiger partial charge in [0.2, 0.25) is 29.5 Å². The second kappa shape index (κ2) is 19.4. The number of rotatable bonds is 7. The number of carbonyl (C=O) groups excluding carboxylic acids is 5. The first kappa shape index (κ1) is 38.9. The smallest absolute Gasteiger partial charge is 0.246 e. The molecule has 1 spiro atoms. The first-order chi connectivity index (χ1) is 22.9. The first-order valence-corrected chi connectivity index (χ1v) is 18.5. The summed E-state index contributed by atoms with van der Waals surface area (Å²) in [5, 5.41) is 21.3. The zero-order valence-corrected chi connectivity index (χ0v) is 29.2. The number of nitrogens with one attached hydrogen (secondary N) is 6. The van der Waals surface area contributed by atoms with Gasteiger partial charge < -0.3 is 42.8 Å². The molecule has 0 unspecified atom stereocenters. The Morgan fingerprint density at radius 1 is 1.04 bits per heavy atom. The maximum Gasteiger partial charge on any atom is 0.246 e. The highest BCUT2D eigenvalue weighted by atomic mass is 32.2. The highest BCUT2D eigenvalue weighted by molar-refractivity contribution is 7.98. The first-order valence-electron chi connectivity index (χ1n) is 16.2. The molecule has 0 aromatic carbocycles. The Bertz CT molecular complexity index is 1290. The molecule has 5 amide bonds. The van der Waals surface area contributed by atoms with Gasteiger partial charge in [0.05, 0.1) is 11.4 Å². The number of amides is 5. The molecule has 2 bridgehead atoms. The minimum absolute atomic E-state index is 0.00534. The lowest BCUT2D eigenvalue weighted by Crippen LogP contribution is -2.64. The van der Waals surface area contributed by atoms with Gasteiger partial charge in [-0.15, -0.1) is 0 Å². The normalized spacial score (nSPS) is 23.4. The van der Waals surface area contributed by atoms with Crippen molar-refractivity contribution in [3.63, 3.8) is 0 Å². The number of pyridine rings is 1. The Morgan fingerprint density at radius 3 is 2.35 bits per heavy atom. The number of nitrogens with zero attached hydrogens (tertiary/aromatic N) is 1. The third-order valence-electron chi connectivity index (χ3n) is 7.89. The summed E-state index contributed by atoms with van der Waals surface area (Å²) in [4.78, 5) is 71.4. The van der Waals surface area contributed by atoms with Crippen LogP contribution in [-0.4, -0.2) is 95.4 Å². The SMILES string of the molecule is CC(C)C[C@@H]1NC(=O)C2(CCOCC2)NC(=O)CCSCc2cccc(n2)CSC[C@@H](C(N)=O)NC(=O)[C@H](CCCNC(=N)N)NC1=O. The van der Waals surface area contributed by atoms with Crippen molar-refractivity contribution in [2.45, 2.75) is 87.5 Å². The molecule has 3 rings (SSSR count). The summed E-state index contributed by atoms with van der Waals surface area (Å²) in [6.45, 7) is 4.61. The van der Waals surface area contributed by atoms with Gasteiger partial charge in [-0.25, -0.2) is 0 Å². The van der Waals surface area contributed by atoms with Crippen LogP contribution in [0.3, 0.4) is 0 Å². The molecule has 17 heteroatoms. The van der Waals surface area contributed by atoms with Crippen LogP contribution in [0.25, 0.3) is 0 Å². The van der Waals surface area contributed by atoms with E-state index < -0.39 is 47.3 Å². The summed E-state index contributed by atoms with van der Waals surface area (Å²) < 4.78 is 5.51. The summed E-state index contributed by atoms with van der Waals surface area (Å²) in [6.07, 6.45) is 1.44. The van der Waals surface area contributed by atoms with Crippen LogP contribution in [0.15, 0.2) is 18.2 Å². The molecule has 0 aliphatic carbocycles. The maximum absolute atomic E-state index is 13.9. The van der Waals surface area contributed by atoms with Crippen molar-refractivity contribution >= 4 is 59.0 Å². The number of aromatic nitrogens is 1. The van der Waals surface area contributed by atoms with Crippen LogP contribution in [0.4, 0.5) is 0 Å². The van der Waals surface area contributed by atoms with Crippen LogP contribution in [0.2, 0.25) is 0 Å². The van der Waals surface area contributed by atoms with E-state index in [2.05, 4.69) is 31.6 Å². The fourth-order valence-corrected chi connectivity index (χ4v) is 7.12. The third-order valence-corrected chi connectivity index (χ3v) is 9.95. The average Bonchev–Trinajstić information content (AvgIpc) is 3.03. The fraction of sp³-hybridized carbons (Fsp3) is 0.645. The Balaban J connectivity index is 1.91. The van der Waals surface area contributed by atoms with Crippen molar-refractivity contribution in [1.29, 1.82) is 5.41 Å². The van der Waals surface area contributed by atoms with E-state index >= 15 is 0 Å². The summed E-state index contributed by atoms with van der Waals surface area (Å²) in [5.74, 6) is -1.17. The maximum atomic E-state index is 13.9. The largest absolute Gasteiger partial charge is 0.381 e. The van der Waals surface area contributed by atoms with Gasteiger partial charge in [0.15, 0.2) is 5.96 Å². The molecule has 3 heterocycles. The molecular formula is C31H49N9O6S2. The van der Waals surface area contributed by atoms with E-state index in [1.165, 1.54) is 11.8 Å². The number of ether oxygens (including phenoxy) is 1. The fourth-order valence-electron chi connectivity index (χ4n) is 5.31. The minimum Gasteiger partial charge on any atom is -0.381 e. The highest BCUT2D eigenvalue weighted by Gasteiger charge is 2.43. The lowest BCUT2D eigenvalue weighted by atomic mass is 9.87. The van der Waals surface area contributed by atoms with Gasteiger partial charge in [0, 0.05) is 62.0 Å². The zero-order chi connectivity index (χ0) is 35.1. The monoisotopic (exact) mass is 707 g/mol. The Hall–Kier alpha value is -3.57. The molecule has 1 fully saturated rings. The highest BCUT2D eigenvalue weighted by Crippen LogP contribution is 2.23. The number of thioether (sulfide) groups is 2. The van der Waals surface area contributed by atoms with Crippen molar-refractivity contribution in [3.05, 3.63) is 29.6 Å². The van der Waals surface area contributed by atoms with Crippen molar-refractivity contribution < 1.29 is 28.7 Å². The second-order valence-electron chi connectivity index (χ2n) is 12.3. The average molecular weight is 708 g/mol. The summed E-state index contributed by atoms with van der Waals surface area (Å²) in [5.41, 5.74) is 11.4. The predicted molar refractivity (Wildman–Crippen MR) is 186 cm³/mol. The predicted octanol–water partition coefficient (Wildman–Crippen LogP) is -0.134. The van der Waals surface area contributed by atoms with Gasteiger partial charge in [0.25, 0.3) is 0 Å². The summed E-state index contributed by atoms with van der Waals surface area (Å²) in [7, 11) is 0. The van der Waals surface area contributed by atoms with Crippen LogP contribution < -0.4 is 38.1 Å². The van der Waals surface area contributed by atoms with Crippen molar-refractivity contribution in [2.75, 3.05) is 31.3 Å². The molecule has 0 saturated carbocycles. The van der Waals surface area contributed by atoms with Gasteiger partial charge >= 0.3 is 0 Å². The molecule has 1 aromatic heterocycles. The standard InChI is InChI=1S/C31H49N9O6S2/c1-19(2)15-23-28(44)37-22(7-4-11-35-30(33)34)27(43)38-24(26(32)42)18-48-17-21-6-3-5-20(36-21)16-47-14-8-25(41)40-31(29(45)39-23)9-12-46-13-10-31/h3,5-6,19,22-24H,4,7-18H2,1-2H3,(H2,32,42)(H,37,44)(H,38,43)(H,39,45)(H,40,41)(H4,33,34,35)/t22-,23-,24-/m0/s1. The molecule has 15 nitrogen and oxygen atoms in total. The van der Waals surface area contributed by atoms with Crippen molar-refractivity contribution in [2.24, 2.45) is 17.4 Å². The van der Waals surface area contributed by atoms with E-state index in [1.54, 1.807) is 11.8 Å². The third kappa shape index (κ3) is 12.8. The quantitative estimate of drug-likeness (QED) is 0.105. The van der Waals surface area contributed by atoms with Crippen LogP contribution in [0.1, 0.15) is 63.8 Å². The second-order valence-corrected chi connectivity index (χ2v) is 14.5. The molecule has 2 aliphatic heterocycles. The van der Waals surface area contributed by atoms with Crippen LogP contribution in [0, 0.1) is 11.3 Å². The van der Waals surface area contributed by atoms with Gasteiger partial charge in [-0.05, 0) is 37.3 Å². The Labute approximate surface area is 289 Å². The van der Waals surface area contributed by atoms with E-state index in [0.717, 1.165) is 11.4 Å². The lowest BCUT2D eigenvalue weighted by molar-refractivity contribution is -0.140. The van der Waals surface area contributed by atoms with E-state index in [4.69, 9.17) is 21.6 Å². The molecule has 2 aliphatic rings. The number of primary amides is 1. The molecule has 1 aromatic rings. The molecule has 10 N–H and O–H groups in total. The number of fused-ring (bicyclic) bond motifs is 2. The van der Waals surface area contributed by atoms with Crippen LogP contribution >= 0.6 is 23.5 Å². The number of hydrogen-bond donors (Lipinski definition) is 8. The minimum atomic E-state index is -1.26. The molecule has 48 heavy (non-hydrogen) atoms. The van der Waals surface area contributed by atoms with Crippen molar-refractivity contribution in [3.8, 4) is 0 Å². The van der Waals surface area contributed by atoms with Gasteiger partial charge in [-0.3, -0.25) is 34.4 Å². The molecular weight excluding hydrogens is 659 g/mol. The number of carbonyl (C=O) groups is 5. The van der Waals surface area contributed by atoms with Gasteiger partial charge in [-0.2, -0.15) is 23.5 Å². The topological polar surface area (TPSA) is 244 Å². The summed E-state index contributed by atoms with van der Waals surface area (Å²) in [6, 6.07) is 2.55. The number of hydrogen-bond acceptors (Lipinski definition) is 10. The number of nitrogens with two attached hydrogens (primary N) is 2. The van der Waals surface area contributed by atoms with Crippen LogP contribution in [0.5, 0.6) is 0 Å². The summed E-state index contributed by atoms with van der Waals surface area (Å²) >= 11 is 2.94. The van der Waals surface area contributed by atoms with Crippen LogP contribution in [-0.2, 0) is 40.2 Å². The lowest BCUT2D eigenvalue weighted by Gasteiger charge is -2.38. The zero-order valence-electron chi connectivity index (χ0n) is 27.6. The van der Waals surface area contributed by atoms with E-state index in [0.29, 0.717) is 23.7 Å². The Kier molecular flexibility index (Phi) is 15.7. The molecule has 266 valence electrons. The van der Waals surface area contributed by atoms with Gasteiger partial charge in [-0.1, -0.05) is 19.9 Å². The number of guanidine groups is 1. The Morgan fingerprint density at radius 2 is 1.71 bits per heavy atom. The molecule has 3 atom stereocenters. The van der Waals surface area contributed by atoms with E-state index in [-0.39, 0.29) is 75.4 Å². The van der Waals surface area contributed by atoms with Crippen molar-refractivity contribution in [1.82, 2.24) is 31.6 Å². The molecule has 0 radical (unpaired) electrons.